The average Bonchev–Trinajstić information content (AvgIpc) is 3.17. The predicted molar refractivity (Wildman–Crippen MR) is 82.8 cm³/mol. The van der Waals surface area contributed by atoms with Gasteiger partial charge in [0.15, 0.2) is 0 Å². The number of thiazole rings is 1. The maximum Gasteiger partial charge on any atom is 0.123 e. The first kappa shape index (κ1) is 13.7. The lowest BCUT2D eigenvalue weighted by Crippen LogP contribution is -2.36. The molecule has 0 aliphatic carbocycles. The van der Waals surface area contributed by atoms with Crippen LogP contribution in [0.1, 0.15) is 24.6 Å². The number of rotatable bonds is 5. The Morgan fingerprint density at radius 1 is 1.40 bits per heavy atom. The van der Waals surface area contributed by atoms with Gasteiger partial charge in [-0.1, -0.05) is 30.3 Å². The van der Waals surface area contributed by atoms with E-state index in [0.717, 1.165) is 18.2 Å². The molecule has 0 spiro atoms. The summed E-state index contributed by atoms with van der Waals surface area (Å²) in [6.45, 7) is 3.98. The molecule has 0 unspecified atom stereocenters. The third-order valence-corrected chi connectivity index (χ3v) is 4.74. The molecular weight excluding hydrogens is 268 g/mol. The van der Waals surface area contributed by atoms with E-state index in [0.29, 0.717) is 12.1 Å². The quantitative estimate of drug-likeness (QED) is 0.915. The van der Waals surface area contributed by atoms with Gasteiger partial charge in [-0.15, -0.1) is 11.3 Å². The van der Waals surface area contributed by atoms with E-state index in [1.165, 1.54) is 23.3 Å². The Kier molecular flexibility index (Phi) is 4.45. The summed E-state index contributed by atoms with van der Waals surface area (Å²) in [5, 5.41) is 4.64. The molecule has 0 radical (unpaired) electrons. The van der Waals surface area contributed by atoms with Crippen LogP contribution in [0.25, 0.3) is 10.6 Å². The van der Waals surface area contributed by atoms with Crippen LogP contribution in [0.15, 0.2) is 36.5 Å². The van der Waals surface area contributed by atoms with Crippen molar-refractivity contribution in [2.75, 3.05) is 6.61 Å². The molecule has 3 rings (SSSR count). The lowest BCUT2D eigenvalue weighted by atomic mass is 10.1. The highest BCUT2D eigenvalue weighted by atomic mass is 32.1. The van der Waals surface area contributed by atoms with Gasteiger partial charge in [-0.3, -0.25) is 0 Å². The fourth-order valence-corrected chi connectivity index (χ4v) is 3.36. The summed E-state index contributed by atoms with van der Waals surface area (Å²) in [4.78, 5) is 5.78. The van der Waals surface area contributed by atoms with E-state index in [1.807, 2.05) is 24.4 Å². The number of hydrogen-bond acceptors (Lipinski definition) is 4. The van der Waals surface area contributed by atoms with Crippen molar-refractivity contribution in [3.63, 3.8) is 0 Å². The minimum atomic E-state index is 0.372. The van der Waals surface area contributed by atoms with Crippen molar-refractivity contribution in [3.8, 4) is 10.6 Å². The molecule has 1 fully saturated rings. The summed E-state index contributed by atoms with van der Waals surface area (Å²) in [6.07, 6.45) is 4.71. The van der Waals surface area contributed by atoms with Crippen molar-refractivity contribution >= 4 is 11.3 Å². The molecule has 0 saturated carbocycles. The van der Waals surface area contributed by atoms with Crippen molar-refractivity contribution < 1.29 is 4.74 Å². The molecule has 1 aromatic carbocycles. The van der Waals surface area contributed by atoms with E-state index in [2.05, 4.69) is 29.4 Å². The Hall–Kier alpha value is -1.23. The zero-order valence-electron chi connectivity index (χ0n) is 11.7. The summed E-state index contributed by atoms with van der Waals surface area (Å²) in [7, 11) is 0. The Morgan fingerprint density at radius 2 is 2.25 bits per heavy atom. The van der Waals surface area contributed by atoms with Crippen molar-refractivity contribution in [1.29, 1.82) is 0 Å². The average molecular weight is 288 g/mol. The first-order valence-electron chi connectivity index (χ1n) is 7.18. The van der Waals surface area contributed by atoms with Crippen molar-refractivity contribution in [1.82, 2.24) is 10.3 Å². The Labute approximate surface area is 124 Å². The molecule has 0 amide bonds. The highest BCUT2D eigenvalue weighted by molar-refractivity contribution is 7.15. The van der Waals surface area contributed by atoms with Crippen LogP contribution in [-0.2, 0) is 11.3 Å². The molecule has 106 valence electrons. The largest absolute Gasteiger partial charge is 0.377 e. The molecule has 1 aliphatic rings. The topological polar surface area (TPSA) is 34.2 Å². The van der Waals surface area contributed by atoms with Crippen molar-refractivity contribution in [3.05, 3.63) is 41.4 Å². The van der Waals surface area contributed by atoms with Crippen molar-refractivity contribution in [2.45, 2.75) is 38.5 Å². The van der Waals surface area contributed by atoms with Crippen molar-refractivity contribution in [2.24, 2.45) is 0 Å². The van der Waals surface area contributed by atoms with Crippen LogP contribution in [-0.4, -0.2) is 23.7 Å². The molecule has 20 heavy (non-hydrogen) atoms. The number of benzene rings is 1. The van der Waals surface area contributed by atoms with Gasteiger partial charge in [0.25, 0.3) is 0 Å². The van der Waals surface area contributed by atoms with Gasteiger partial charge in [-0.05, 0) is 19.8 Å². The van der Waals surface area contributed by atoms with Gasteiger partial charge in [0, 0.05) is 35.8 Å². The Bertz CT molecular complexity index is 534. The maximum absolute atomic E-state index is 5.70. The monoisotopic (exact) mass is 288 g/mol. The summed E-state index contributed by atoms with van der Waals surface area (Å²) < 4.78 is 5.70. The van der Waals surface area contributed by atoms with Crippen LogP contribution >= 0.6 is 11.3 Å². The summed E-state index contributed by atoms with van der Waals surface area (Å²) in [6, 6.07) is 10.7. The first-order valence-corrected chi connectivity index (χ1v) is 8.00. The third-order valence-electron chi connectivity index (χ3n) is 3.70. The third kappa shape index (κ3) is 3.26. The van der Waals surface area contributed by atoms with Crippen LogP contribution < -0.4 is 5.32 Å². The zero-order valence-corrected chi connectivity index (χ0v) is 12.5. The summed E-state index contributed by atoms with van der Waals surface area (Å²) in [5.74, 6) is 0. The minimum Gasteiger partial charge on any atom is -0.377 e. The van der Waals surface area contributed by atoms with E-state index in [-0.39, 0.29) is 0 Å². The summed E-state index contributed by atoms with van der Waals surface area (Å²) in [5.41, 5.74) is 1.19. The number of aromatic nitrogens is 1. The molecule has 2 aromatic rings. The second-order valence-electron chi connectivity index (χ2n) is 5.22. The summed E-state index contributed by atoms with van der Waals surface area (Å²) >= 11 is 1.76. The smallest absolute Gasteiger partial charge is 0.123 e. The van der Waals surface area contributed by atoms with E-state index in [4.69, 9.17) is 4.74 Å². The highest BCUT2D eigenvalue weighted by Crippen LogP contribution is 2.25. The van der Waals surface area contributed by atoms with Gasteiger partial charge in [0.05, 0.1) is 6.10 Å². The fraction of sp³-hybridized carbons (Fsp3) is 0.438. The molecule has 1 aliphatic heterocycles. The van der Waals surface area contributed by atoms with Gasteiger partial charge < -0.3 is 10.1 Å². The lowest BCUT2D eigenvalue weighted by molar-refractivity contribution is 0.0833. The SMILES string of the molecule is C[C@H](NCc1cnc(-c2ccccc2)s1)[C@H]1CCCO1. The fourth-order valence-electron chi connectivity index (χ4n) is 2.49. The molecule has 2 heterocycles. The minimum absolute atomic E-state index is 0.372. The van der Waals surface area contributed by atoms with E-state index in [9.17, 15) is 0 Å². The second-order valence-corrected chi connectivity index (χ2v) is 6.33. The number of nitrogens with zero attached hydrogens (tertiary/aromatic N) is 1. The molecule has 2 atom stereocenters. The molecule has 1 aromatic heterocycles. The van der Waals surface area contributed by atoms with E-state index in [1.54, 1.807) is 11.3 Å². The maximum atomic E-state index is 5.70. The first-order chi connectivity index (χ1) is 9.83. The van der Waals surface area contributed by atoms with Crippen LogP contribution in [0, 0.1) is 0 Å². The van der Waals surface area contributed by atoms with Gasteiger partial charge >= 0.3 is 0 Å². The number of hydrogen-bond donors (Lipinski definition) is 1. The van der Waals surface area contributed by atoms with Gasteiger partial charge in [0.2, 0.25) is 0 Å². The van der Waals surface area contributed by atoms with Gasteiger partial charge in [-0.25, -0.2) is 4.98 Å². The van der Waals surface area contributed by atoms with Gasteiger partial charge in [-0.2, -0.15) is 0 Å². The Balaban J connectivity index is 1.57. The molecule has 3 nitrogen and oxygen atoms in total. The molecule has 1 N–H and O–H groups in total. The lowest BCUT2D eigenvalue weighted by Gasteiger charge is -2.19. The van der Waals surface area contributed by atoms with Crippen LogP contribution in [0.3, 0.4) is 0 Å². The van der Waals surface area contributed by atoms with Gasteiger partial charge in [0.1, 0.15) is 5.01 Å². The molecular formula is C16H20N2OS. The molecule has 0 bridgehead atoms. The zero-order chi connectivity index (χ0) is 13.8. The van der Waals surface area contributed by atoms with Crippen LogP contribution in [0.5, 0.6) is 0 Å². The normalized spacial score (nSPS) is 20.1. The Morgan fingerprint density at radius 3 is 3.00 bits per heavy atom. The van der Waals surface area contributed by atoms with E-state index < -0.39 is 0 Å². The number of ether oxygens (including phenoxy) is 1. The number of nitrogens with one attached hydrogen (secondary N) is 1. The van der Waals surface area contributed by atoms with E-state index >= 15 is 0 Å². The second kappa shape index (κ2) is 6.48. The van der Waals surface area contributed by atoms with Crippen LogP contribution in [0.2, 0.25) is 0 Å². The highest BCUT2D eigenvalue weighted by Gasteiger charge is 2.21. The standard InChI is InChI=1S/C16H20N2OS/c1-12(15-8-5-9-19-15)17-10-14-11-18-16(20-14)13-6-3-2-4-7-13/h2-4,6-7,11-12,15,17H,5,8-10H2,1H3/t12-,15+/m0/s1. The molecule has 4 heteroatoms. The molecule has 1 saturated heterocycles. The predicted octanol–water partition coefficient (Wildman–Crippen LogP) is 3.47. The van der Waals surface area contributed by atoms with Crippen LogP contribution in [0.4, 0.5) is 0 Å².